The second-order valence-electron chi connectivity index (χ2n) is 12.1. The minimum Gasteiger partial charge on any atom is -0.394 e. The standard InChI is InChI=1S/C34H39N3O5/c1-5-22(3)26(20-38)37-30-33(41)36(25-19-21(2)14-15-23(25)4)18-10-16-34(30)29(32(37)40)28-27(42-34)13-9-17-35(31(28)39)24-11-7-6-8-12-24/h6-16,19,22,26-30,38H,5,17-18,20H2,1-4H3/t22-,26-,27-,28+,29-,30?,34-/m0/s1. The second kappa shape index (κ2) is 10.8. The number of ether oxygens (including phenoxy) is 1. The molecule has 8 heteroatoms. The van der Waals surface area contributed by atoms with Crippen molar-refractivity contribution in [2.45, 2.75) is 57.9 Å². The summed E-state index contributed by atoms with van der Waals surface area (Å²) in [5, 5.41) is 10.6. The molecule has 3 amide bonds. The molecule has 4 aliphatic rings. The zero-order valence-corrected chi connectivity index (χ0v) is 24.6. The van der Waals surface area contributed by atoms with E-state index in [0.717, 1.165) is 22.5 Å². The predicted molar refractivity (Wildman–Crippen MR) is 161 cm³/mol. The minimum atomic E-state index is -1.35. The van der Waals surface area contributed by atoms with Crippen LogP contribution < -0.4 is 9.80 Å². The average Bonchev–Trinajstić information content (AvgIpc) is 3.30. The Morgan fingerprint density at radius 3 is 2.43 bits per heavy atom. The van der Waals surface area contributed by atoms with E-state index < -0.39 is 35.6 Å². The molecule has 0 bridgehead atoms. The normalized spacial score (nSPS) is 30.1. The van der Waals surface area contributed by atoms with E-state index in [4.69, 9.17) is 4.74 Å². The number of aliphatic hydroxyl groups is 1. The van der Waals surface area contributed by atoms with Crippen LogP contribution >= 0.6 is 0 Å². The van der Waals surface area contributed by atoms with Gasteiger partial charge in [0.15, 0.2) is 0 Å². The number of aryl methyl sites for hydroxylation is 2. The van der Waals surface area contributed by atoms with Crippen molar-refractivity contribution in [3.63, 3.8) is 0 Å². The first kappa shape index (κ1) is 28.4. The van der Waals surface area contributed by atoms with Crippen LogP contribution in [0.2, 0.25) is 0 Å². The number of benzene rings is 2. The minimum absolute atomic E-state index is 0.0784. The monoisotopic (exact) mass is 569 g/mol. The van der Waals surface area contributed by atoms with Gasteiger partial charge in [-0.1, -0.05) is 74.9 Å². The molecule has 1 spiro atoms. The Balaban J connectivity index is 1.50. The van der Waals surface area contributed by atoms with Crippen LogP contribution in [0.3, 0.4) is 0 Å². The van der Waals surface area contributed by atoms with Gasteiger partial charge < -0.3 is 24.5 Å². The van der Waals surface area contributed by atoms with Crippen molar-refractivity contribution >= 4 is 29.1 Å². The fourth-order valence-electron chi connectivity index (χ4n) is 7.31. The van der Waals surface area contributed by atoms with Crippen molar-refractivity contribution < 1.29 is 24.2 Å². The Morgan fingerprint density at radius 1 is 0.976 bits per heavy atom. The fraction of sp³-hybridized carbons (Fsp3) is 0.441. The lowest BCUT2D eigenvalue weighted by Crippen LogP contribution is -2.59. The summed E-state index contributed by atoms with van der Waals surface area (Å²) in [6.45, 7) is 8.32. The zero-order chi connectivity index (χ0) is 29.8. The van der Waals surface area contributed by atoms with Gasteiger partial charge in [-0.25, -0.2) is 0 Å². The topological polar surface area (TPSA) is 90.4 Å². The van der Waals surface area contributed by atoms with Gasteiger partial charge >= 0.3 is 0 Å². The summed E-state index contributed by atoms with van der Waals surface area (Å²) in [5.74, 6) is -2.59. The fourth-order valence-corrected chi connectivity index (χ4v) is 7.31. The van der Waals surface area contributed by atoms with E-state index in [1.807, 2.05) is 101 Å². The van der Waals surface area contributed by atoms with Gasteiger partial charge in [-0.3, -0.25) is 14.4 Å². The number of anilines is 2. The highest BCUT2D eigenvalue weighted by Gasteiger charge is 2.72. The molecule has 1 unspecified atom stereocenters. The Morgan fingerprint density at radius 2 is 1.71 bits per heavy atom. The molecule has 4 heterocycles. The maximum atomic E-state index is 14.8. The number of aliphatic hydroxyl groups excluding tert-OH is 1. The predicted octanol–water partition coefficient (Wildman–Crippen LogP) is 3.80. The van der Waals surface area contributed by atoms with E-state index in [1.54, 1.807) is 14.7 Å². The van der Waals surface area contributed by atoms with Crippen molar-refractivity contribution in [1.29, 1.82) is 0 Å². The van der Waals surface area contributed by atoms with Crippen molar-refractivity contribution in [1.82, 2.24) is 4.90 Å². The molecule has 220 valence electrons. The number of carbonyl (C=O) groups excluding carboxylic acids is 3. The number of para-hydroxylation sites is 1. The zero-order valence-electron chi connectivity index (χ0n) is 24.6. The number of hydrogen-bond donors (Lipinski definition) is 1. The van der Waals surface area contributed by atoms with Crippen LogP contribution in [0.15, 0.2) is 72.8 Å². The SMILES string of the molecule is CC[C@H](C)[C@H](CO)N1C(=O)[C@@H]2[C@@H]3C(=O)N(c4ccccc4)CC=C[C@@H]3O[C@@]23C=CCN(c2cc(C)ccc2C)C(=O)C13. The van der Waals surface area contributed by atoms with Gasteiger partial charge in [-0.15, -0.1) is 0 Å². The molecule has 2 fully saturated rings. The highest BCUT2D eigenvalue weighted by atomic mass is 16.5. The number of fused-ring (bicyclic) bond motifs is 2. The molecular weight excluding hydrogens is 530 g/mol. The number of carbonyl (C=O) groups is 3. The Bertz CT molecular complexity index is 1450. The van der Waals surface area contributed by atoms with Gasteiger partial charge in [0.05, 0.1) is 30.6 Å². The lowest BCUT2D eigenvalue weighted by atomic mass is 9.77. The molecule has 7 atom stereocenters. The second-order valence-corrected chi connectivity index (χ2v) is 12.1. The third kappa shape index (κ3) is 4.23. The maximum Gasteiger partial charge on any atom is 0.253 e. The van der Waals surface area contributed by atoms with E-state index in [1.165, 1.54) is 0 Å². The first-order valence-electron chi connectivity index (χ1n) is 14.9. The molecule has 2 aromatic rings. The number of likely N-dealkylation sites (tertiary alicyclic amines) is 1. The third-order valence-electron chi connectivity index (χ3n) is 9.67. The van der Waals surface area contributed by atoms with E-state index in [-0.39, 0.29) is 30.2 Å². The molecule has 4 aliphatic heterocycles. The van der Waals surface area contributed by atoms with E-state index in [9.17, 15) is 19.5 Å². The largest absolute Gasteiger partial charge is 0.394 e. The number of amides is 3. The Labute approximate surface area is 247 Å². The lowest BCUT2D eigenvalue weighted by molar-refractivity contribution is -0.145. The molecule has 2 aromatic carbocycles. The molecule has 6 rings (SSSR count). The van der Waals surface area contributed by atoms with Gasteiger partial charge in [0.25, 0.3) is 5.91 Å². The van der Waals surface area contributed by atoms with Gasteiger partial charge in [-0.2, -0.15) is 0 Å². The van der Waals surface area contributed by atoms with Gasteiger partial charge in [0.2, 0.25) is 11.8 Å². The molecule has 0 radical (unpaired) electrons. The van der Waals surface area contributed by atoms with Gasteiger partial charge in [0.1, 0.15) is 11.6 Å². The third-order valence-corrected chi connectivity index (χ3v) is 9.67. The van der Waals surface area contributed by atoms with Crippen LogP contribution in [0.1, 0.15) is 31.4 Å². The molecule has 0 aromatic heterocycles. The number of rotatable bonds is 6. The summed E-state index contributed by atoms with van der Waals surface area (Å²) in [7, 11) is 0. The molecular formula is C34H39N3O5. The summed E-state index contributed by atoms with van der Waals surface area (Å²) in [6, 6.07) is 13.8. The molecule has 42 heavy (non-hydrogen) atoms. The van der Waals surface area contributed by atoms with Crippen molar-refractivity contribution in [2.75, 3.05) is 29.5 Å². The molecule has 0 aliphatic carbocycles. The summed E-state index contributed by atoms with van der Waals surface area (Å²) in [6.07, 6.45) is 7.58. The van der Waals surface area contributed by atoms with Crippen LogP contribution in [0.5, 0.6) is 0 Å². The first-order valence-corrected chi connectivity index (χ1v) is 14.9. The van der Waals surface area contributed by atoms with E-state index in [0.29, 0.717) is 19.5 Å². The van der Waals surface area contributed by atoms with E-state index in [2.05, 4.69) is 0 Å². The molecule has 8 nitrogen and oxygen atoms in total. The molecule has 0 saturated carbocycles. The highest BCUT2D eigenvalue weighted by molar-refractivity contribution is 6.07. The van der Waals surface area contributed by atoms with E-state index >= 15 is 0 Å². The van der Waals surface area contributed by atoms with Crippen molar-refractivity contribution in [3.8, 4) is 0 Å². The van der Waals surface area contributed by atoms with Crippen LogP contribution in [-0.2, 0) is 19.1 Å². The lowest BCUT2D eigenvalue weighted by Gasteiger charge is -2.40. The summed E-state index contributed by atoms with van der Waals surface area (Å²) < 4.78 is 6.80. The maximum absolute atomic E-state index is 14.8. The van der Waals surface area contributed by atoms with Crippen LogP contribution in [0.25, 0.3) is 0 Å². The summed E-state index contributed by atoms with van der Waals surface area (Å²) >= 11 is 0. The van der Waals surface area contributed by atoms with Gasteiger partial charge in [0, 0.05) is 24.5 Å². The Kier molecular flexibility index (Phi) is 7.31. The smallest absolute Gasteiger partial charge is 0.253 e. The Hall–Kier alpha value is -3.75. The van der Waals surface area contributed by atoms with Gasteiger partial charge in [-0.05, 0) is 49.1 Å². The van der Waals surface area contributed by atoms with Crippen LogP contribution in [0.4, 0.5) is 11.4 Å². The van der Waals surface area contributed by atoms with Crippen LogP contribution in [0, 0.1) is 31.6 Å². The van der Waals surface area contributed by atoms with Crippen molar-refractivity contribution in [3.05, 3.63) is 84.0 Å². The van der Waals surface area contributed by atoms with Crippen LogP contribution in [-0.4, -0.2) is 71.2 Å². The number of nitrogens with zero attached hydrogens (tertiary/aromatic N) is 3. The summed E-state index contributed by atoms with van der Waals surface area (Å²) in [5.41, 5.74) is 2.14. The van der Waals surface area contributed by atoms with Crippen molar-refractivity contribution in [2.24, 2.45) is 17.8 Å². The average molecular weight is 570 g/mol. The highest BCUT2D eigenvalue weighted by Crippen LogP contribution is 2.54. The first-order chi connectivity index (χ1) is 20.2. The quantitative estimate of drug-likeness (QED) is 0.535. The number of hydrogen-bond acceptors (Lipinski definition) is 5. The summed E-state index contributed by atoms with van der Waals surface area (Å²) in [4.78, 5) is 48.8. The molecule has 2 saturated heterocycles. The molecule has 1 N–H and O–H groups in total.